The maximum atomic E-state index is 5.90. The highest BCUT2D eigenvalue weighted by atomic mass is 35.5. The fraction of sp³-hybridized carbons (Fsp3) is 0.571. The normalized spacial score (nSPS) is 18.2. The van der Waals surface area contributed by atoms with E-state index < -0.39 is 0 Å². The van der Waals surface area contributed by atoms with Crippen molar-refractivity contribution in [1.82, 2.24) is 4.90 Å². The zero-order valence-corrected chi connectivity index (χ0v) is 11.5. The van der Waals surface area contributed by atoms with Gasteiger partial charge in [-0.05, 0) is 50.2 Å². The molecule has 0 bridgehead atoms. The number of alkyl halides is 1. The maximum absolute atomic E-state index is 5.90. The van der Waals surface area contributed by atoms with Crippen molar-refractivity contribution in [1.29, 1.82) is 0 Å². The van der Waals surface area contributed by atoms with Gasteiger partial charge >= 0.3 is 0 Å². The molecule has 17 heavy (non-hydrogen) atoms. The van der Waals surface area contributed by atoms with Gasteiger partial charge in [0, 0.05) is 31.2 Å². The van der Waals surface area contributed by atoms with Gasteiger partial charge in [0.05, 0.1) is 0 Å². The molecular formula is C14H21ClN2. The summed E-state index contributed by atoms with van der Waals surface area (Å²) >= 11 is 5.90. The quantitative estimate of drug-likeness (QED) is 0.747. The fourth-order valence-corrected chi connectivity index (χ4v) is 2.63. The number of aryl methyl sites for hydroxylation is 1. The Bertz CT molecular complexity index is 378. The first kappa shape index (κ1) is 12.7. The van der Waals surface area contributed by atoms with Crippen molar-refractivity contribution in [3.63, 3.8) is 0 Å². The molecule has 1 saturated heterocycles. The second kappa shape index (κ2) is 5.74. The summed E-state index contributed by atoms with van der Waals surface area (Å²) in [4.78, 5) is 4.88. The van der Waals surface area contributed by atoms with Crippen molar-refractivity contribution >= 4 is 17.3 Å². The number of nitrogens with zero attached hydrogens (tertiary/aromatic N) is 2. The number of hydrogen-bond donors (Lipinski definition) is 0. The van der Waals surface area contributed by atoms with Crippen molar-refractivity contribution in [3.05, 3.63) is 29.3 Å². The predicted molar refractivity (Wildman–Crippen MR) is 75.1 cm³/mol. The fourth-order valence-electron chi connectivity index (χ4n) is 2.33. The molecular weight excluding hydrogens is 232 g/mol. The van der Waals surface area contributed by atoms with Gasteiger partial charge in [-0.25, -0.2) is 0 Å². The van der Waals surface area contributed by atoms with Gasteiger partial charge in [-0.3, -0.25) is 0 Å². The van der Waals surface area contributed by atoms with Gasteiger partial charge in [-0.15, -0.1) is 11.6 Å². The molecule has 1 fully saturated rings. The monoisotopic (exact) mass is 252 g/mol. The smallest absolute Gasteiger partial charge is 0.0476 e. The van der Waals surface area contributed by atoms with E-state index in [1.807, 2.05) is 0 Å². The Kier molecular flexibility index (Phi) is 4.30. The van der Waals surface area contributed by atoms with E-state index in [1.165, 1.54) is 29.8 Å². The van der Waals surface area contributed by atoms with Crippen LogP contribution in [0.2, 0.25) is 0 Å². The minimum atomic E-state index is 0.606. The van der Waals surface area contributed by atoms with Gasteiger partial charge in [0.15, 0.2) is 0 Å². The van der Waals surface area contributed by atoms with Gasteiger partial charge in [0.25, 0.3) is 0 Å². The van der Waals surface area contributed by atoms with Gasteiger partial charge in [0.1, 0.15) is 0 Å². The number of hydrogen-bond acceptors (Lipinski definition) is 2. The summed E-state index contributed by atoms with van der Waals surface area (Å²) < 4.78 is 0. The van der Waals surface area contributed by atoms with E-state index in [9.17, 15) is 0 Å². The van der Waals surface area contributed by atoms with Crippen LogP contribution in [0.15, 0.2) is 18.2 Å². The van der Waals surface area contributed by atoms with Crippen molar-refractivity contribution < 1.29 is 0 Å². The molecule has 0 aliphatic carbocycles. The molecule has 1 aromatic carbocycles. The molecule has 0 N–H and O–H groups in total. The first-order valence-corrected chi connectivity index (χ1v) is 6.83. The van der Waals surface area contributed by atoms with Crippen LogP contribution < -0.4 is 4.90 Å². The summed E-state index contributed by atoms with van der Waals surface area (Å²) in [7, 11) is 2.20. The lowest BCUT2D eigenvalue weighted by molar-refractivity contribution is 0.360. The number of benzene rings is 1. The van der Waals surface area contributed by atoms with Crippen LogP contribution >= 0.6 is 11.6 Å². The van der Waals surface area contributed by atoms with Gasteiger partial charge in [-0.2, -0.15) is 0 Å². The van der Waals surface area contributed by atoms with E-state index in [1.54, 1.807) is 0 Å². The highest BCUT2D eigenvalue weighted by molar-refractivity contribution is 6.17. The lowest BCUT2D eigenvalue weighted by Crippen LogP contribution is -2.28. The Labute approximate surface area is 109 Å². The zero-order valence-electron chi connectivity index (χ0n) is 10.7. The minimum absolute atomic E-state index is 0.606. The molecule has 3 heteroatoms. The first-order chi connectivity index (χ1) is 8.20. The molecule has 0 radical (unpaired) electrons. The van der Waals surface area contributed by atoms with Crippen LogP contribution in [-0.2, 0) is 5.88 Å². The number of anilines is 1. The van der Waals surface area contributed by atoms with Crippen LogP contribution in [0, 0.1) is 6.92 Å². The summed E-state index contributed by atoms with van der Waals surface area (Å²) in [5, 5.41) is 0. The van der Waals surface area contributed by atoms with E-state index >= 15 is 0 Å². The lowest BCUT2D eigenvalue weighted by atomic mass is 10.1. The first-order valence-electron chi connectivity index (χ1n) is 6.29. The molecule has 0 aromatic heterocycles. The molecule has 0 atom stereocenters. The van der Waals surface area contributed by atoms with E-state index in [0.717, 1.165) is 19.6 Å². The molecule has 0 spiro atoms. The van der Waals surface area contributed by atoms with Crippen LogP contribution in [0.4, 0.5) is 5.69 Å². The molecule has 1 aromatic rings. The summed E-state index contributed by atoms with van der Waals surface area (Å²) in [6.45, 7) is 6.77. The van der Waals surface area contributed by atoms with Gasteiger partial charge < -0.3 is 9.80 Å². The summed E-state index contributed by atoms with van der Waals surface area (Å²) in [5.41, 5.74) is 3.88. The largest absolute Gasteiger partial charge is 0.370 e. The van der Waals surface area contributed by atoms with Gasteiger partial charge in [0.2, 0.25) is 0 Å². The Morgan fingerprint density at radius 1 is 1.18 bits per heavy atom. The van der Waals surface area contributed by atoms with Crippen LogP contribution in [0.3, 0.4) is 0 Å². The Morgan fingerprint density at radius 2 is 2.00 bits per heavy atom. The SMILES string of the molecule is Cc1cc(N2CCCN(C)CC2)ccc1CCl. The molecule has 2 rings (SSSR count). The number of rotatable bonds is 2. The standard InChI is InChI=1S/C14H21ClN2/c1-12-10-14(5-4-13(12)11-15)17-7-3-6-16(2)8-9-17/h4-5,10H,3,6-9,11H2,1-2H3. The van der Waals surface area contributed by atoms with Crippen molar-refractivity contribution in [2.75, 3.05) is 38.1 Å². The molecule has 1 heterocycles. The molecule has 1 aliphatic rings. The Balaban J connectivity index is 2.13. The second-order valence-corrected chi connectivity index (χ2v) is 5.16. The Morgan fingerprint density at radius 3 is 2.71 bits per heavy atom. The van der Waals surface area contributed by atoms with Crippen LogP contribution in [0.5, 0.6) is 0 Å². The maximum Gasteiger partial charge on any atom is 0.0476 e. The van der Waals surface area contributed by atoms with Crippen molar-refractivity contribution in [2.24, 2.45) is 0 Å². The average Bonchev–Trinajstić information content (AvgIpc) is 2.54. The predicted octanol–water partition coefficient (Wildman–Crippen LogP) is 2.88. The molecule has 1 aliphatic heterocycles. The lowest BCUT2D eigenvalue weighted by Gasteiger charge is -2.23. The minimum Gasteiger partial charge on any atom is -0.370 e. The second-order valence-electron chi connectivity index (χ2n) is 4.89. The third kappa shape index (κ3) is 3.14. The zero-order chi connectivity index (χ0) is 12.3. The molecule has 0 saturated carbocycles. The molecule has 0 unspecified atom stereocenters. The Hall–Kier alpha value is -0.730. The van der Waals surface area contributed by atoms with Crippen molar-refractivity contribution in [3.8, 4) is 0 Å². The third-order valence-electron chi connectivity index (χ3n) is 3.55. The number of likely N-dealkylation sites (N-methyl/N-ethyl adjacent to an activating group) is 1. The highest BCUT2D eigenvalue weighted by Crippen LogP contribution is 2.21. The number of halogens is 1. The van der Waals surface area contributed by atoms with E-state index in [-0.39, 0.29) is 0 Å². The molecule has 94 valence electrons. The van der Waals surface area contributed by atoms with Gasteiger partial charge in [-0.1, -0.05) is 6.07 Å². The van der Waals surface area contributed by atoms with Crippen molar-refractivity contribution in [2.45, 2.75) is 19.2 Å². The van der Waals surface area contributed by atoms with E-state index in [2.05, 4.69) is 42.0 Å². The summed E-state index contributed by atoms with van der Waals surface area (Å²) in [5.74, 6) is 0.606. The van der Waals surface area contributed by atoms with Crippen LogP contribution in [0.25, 0.3) is 0 Å². The molecule has 2 nitrogen and oxygen atoms in total. The average molecular weight is 253 g/mol. The van der Waals surface area contributed by atoms with Crippen LogP contribution in [0.1, 0.15) is 17.5 Å². The summed E-state index contributed by atoms with van der Waals surface area (Å²) in [6, 6.07) is 6.63. The third-order valence-corrected chi connectivity index (χ3v) is 3.84. The van der Waals surface area contributed by atoms with E-state index in [4.69, 9.17) is 11.6 Å². The highest BCUT2D eigenvalue weighted by Gasteiger charge is 2.13. The topological polar surface area (TPSA) is 6.48 Å². The summed E-state index contributed by atoms with van der Waals surface area (Å²) in [6.07, 6.45) is 1.24. The molecule has 0 amide bonds. The van der Waals surface area contributed by atoms with Crippen LogP contribution in [-0.4, -0.2) is 38.1 Å². The van der Waals surface area contributed by atoms with E-state index in [0.29, 0.717) is 5.88 Å².